The van der Waals surface area contributed by atoms with Crippen molar-refractivity contribution < 1.29 is 28.2 Å². The third-order valence-electron chi connectivity index (χ3n) is 5.67. The number of nitrogens with zero attached hydrogens (tertiary/aromatic N) is 1. The number of ether oxygens (including phenoxy) is 3. The quantitative estimate of drug-likeness (QED) is 0.708. The SMILES string of the molecule is CCOC(=O)C1=C(CN2CCC3(CC2)OCCO3)NC(=O)N[C@H]1c1ccc(F)cc1. The Balaban J connectivity index is 1.59. The zero-order valence-corrected chi connectivity index (χ0v) is 16.9. The van der Waals surface area contributed by atoms with Crippen LogP contribution < -0.4 is 10.6 Å². The van der Waals surface area contributed by atoms with Crippen molar-refractivity contribution in [2.75, 3.05) is 39.5 Å². The maximum Gasteiger partial charge on any atom is 0.338 e. The summed E-state index contributed by atoms with van der Waals surface area (Å²) in [6.45, 7) is 4.97. The van der Waals surface area contributed by atoms with E-state index >= 15 is 0 Å². The Bertz CT molecular complexity index is 826. The number of carbonyl (C=O) groups excluding carboxylic acids is 2. The van der Waals surface area contributed by atoms with Crippen LogP contribution in [0, 0.1) is 5.82 Å². The molecule has 9 heteroatoms. The first kappa shape index (κ1) is 20.8. The Labute approximate surface area is 174 Å². The molecule has 2 amide bonds. The van der Waals surface area contributed by atoms with Gasteiger partial charge >= 0.3 is 12.0 Å². The molecule has 0 saturated carbocycles. The molecule has 1 aromatic carbocycles. The molecule has 0 bridgehead atoms. The molecule has 4 rings (SSSR count). The Kier molecular flexibility index (Phi) is 6.03. The lowest BCUT2D eigenvalue weighted by atomic mass is 9.94. The molecule has 0 radical (unpaired) electrons. The number of urea groups is 1. The highest BCUT2D eigenvalue weighted by atomic mass is 19.1. The van der Waals surface area contributed by atoms with Crippen molar-refractivity contribution in [1.29, 1.82) is 0 Å². The molecule has 0 aliphatic carbocycles. The first-order valence-corrected chi connectivity index (χ1v) is 10.2. The van der Waals surface area contributed by atoms with Gasteiger partial charge in [0, 0.05) is 38.2 Å². The Hall–Kier alpha value is -2.49. The molecule has 0 aromatic heterocycles. The highest BCUT2D eigenvalue weighted by molar-refractivity contribution is 5.95. The summed E-state index contributed by atoms with van der Waals surface area (Å²) in [5.41, 5.74) is 1.43. The zero-order valence-electron chi connectivity index (χ0n) is 16.9. The number of halogens is 1. The summed E-state index contributed by atoms with van der Waals surface area (Å²) >= 11 is 0. The van der Waals surface area contributed by atoms with Gasteiger partial charge in [-0.15, -0.1) is 0 Å². The van der Waals surface area contributed by atoms with Crippen LogP contribution in [0.5, 0.6) is 0 Å². The molecule has 3 aliphatic heterocycles. The van der Waals surface area contributed by atoms with Gasteiger partial charge in [0.05, 0.1) is 31.4 Å². The average Bonchev–Trinajstić information content (AvgIpc) is 3.18. The van der Waals surface area contributed by atoms with Gasteiger partial charge in [-0.05, 0) is 24.6 Å². The molecule has 1 spiro atoms. The second kappa shape index (κ2) is 8.71. The van der Waals surface area contributed by atoms with Crippen LogP contribution in [0.15, 0.2) is 35.5 Å². The monoisotopic (exact) mass is 419 g/mol. The van der Waals surface area contributed by atoms with E-state index in [1.165, 1.54) is 12.1 Å². The Morgan fingerprint density at radius 2 is 1.90 bits per heavy atom. The number of carbonyl (C=O) groups is 2. The standard InChI is InChI=1S/C21H26FN3O5/c1-2-28-19(26)17-16(13-25-9-7-21(8-10-25)29-11-12-30-21)23-20(27)24-18(17)14-3-5-15(22)6-4-14/h3-6,18H,2,7-13H2,1H3,(H2,23,24,27)/t18-/m0/s1. The predicted octanol–water partition coefficient (Wildman–Crippen LogP) is 1.84. The second-order valence-electron chi connectivity index (χ2n) is 7.58. The van der Waals surface area contributed by atoms with Gasteiger partial charge in [0.15, 0.2) is 5.79 Å². The molecule has 1 atom stereocenters. The number of piperidine rings is 1. The molecule has 3 heterocycles. The number of benzene rings is 1. The van der Waals surface area contributed by atoms with Gasteiger partial charge in [0.25, 0.3) is 0 Å². The van der Waals surface area contributed by atoms with Crippen LogP contribution in [0.25, 0.3) is 0 Å². The summed E-state index contributed by atoms with van der Waals surface area (Å²) < 4.78 is 30.2. The maximum absolute atomic E-state index is 13.4. The van der Waals surface area contributed by atoms with Gasteiger partial charge < -0.3 is 24.8 Å². The van der Waals surface area contributed by atoms with E-state index in [9.17, 15) is 14.0 Å². The molecule has 3 aliphatic rings. The average molecular weight is 419 g/mol. The van der Waals surface area contributed by atoms with Crippen LogP contribution in [0.1, 0.15) is 31.4 Å². The van der Waals surface area contributed by atoms with Gasteiger partial charge in [-0.3, -0.25) is 4.90 Å². The van der Waals surface area contributed by atoms with Gasteiger partial charge in [0.2, 0.25) is 0 Å². The van der Waals surface area contributed by atoms with Crippen molar-refractivity contribution in [3.63, 3.8) is 0 Å². The Morgan fingerprint density at radius 1 is 1.23 bits per heavy atom. The molecule has 8 nitrogen and oxygen atoms in total. The first-order chi connectivity index (χ1) is 14.5. The normalized spacial score (nSPS) is 23.9. The molecular formula is C21H26FN3O5. The molecule has 2 saturated heterocycles. The van der Waals surface area contributed by atoms with Crippen LogP contribution >= 0.6 is 0 Å². The van der Waals surface area contributed by atoms with E-state index in [1.54, 1.807) is 19.1 Å². The highest BCUT2D eigenvalue weighted by Gasteiger charge is 2.41. The fourth-order valence-electron chi connectivity index (χ4n) is 4.16. The Morgan fingerprint density at radius 3 is 2.53 bits per heavy atom. The molecule has 1 aromatic rings. The second-order valence-corrected chi connectivity index (χ2v) is 7.58. The number of hydrogen-bond donors (Lipinski definition) is 2. The smallest absolute Gasteiger partial charge is 0.338 e. The lowest BCUT2D eigenvalue weighted by molar-refractivity contribution is -0.184. The number of esters is 1. The van der Waals surface area contributed by atoms with Crippen LogP contribution in [0.2, 0.25) is 0 Å². The lowest BCUT2D eigenvalue weighted by Gasteiger charge is -2.39. The molecule has 30 heavy (non-hydrogen) atoms. The molecule has 0 unspecified atom stereocenters. The van der Waals surface area contributed by atoms with Crippen molar-refractivity contribution in [1.82, 2.24) is 15.5 Å². The third kappa shape index (κ3) is 4.33. The molecular weight excluding hydrogens is 393 g/mol. The zero-order chi connectivity index (χ0) is 21.1. The maximum atomic E-state index is 13.4. The fraction of sp³-hybridized carbons (Fsp3) is 0.524. The minimum absolute atomic E-state index is 0.209. The summed E-state index contributed by atoms with van der Waals surface area (Å²) in [5.74, 6) is -1.40. The van der Waals surface area contributed by atoms with E-state index in [1.807, 2.05) is 0 Å². The van der Waals surface area contributed by atoms with Crippen molar-refractivity contribution in [3.05, 3.63) is 46.9 Å². The minimum Gasteiger partial charge on any atom is -0.463 e. The van der Waals surface area contributed by atoms with Crippen molar-refractivity contribution in [3.8, 4) is 0 Å². The highest BCUT2D eigenvalue weighted by Crippen LogP contribution is 2.33. The van der Waals surface area contributed by atoms with Gasteiger partial charge in [0.1, 0.15) is 5.82 Å². The van der Waals surface area contributed by atoms with Crippen LogP contribution in [-0.2, 0) is 19.0 Å². The van der Waals surface area contributed by atoms with Crippen molar-refractivity contribution in [2.45, 2.75) is 31.6 Å². The van der Waals surface area contributed by atoms with Crippen molar-refractivity contribution >= 4 is 12.0 Å². The van der Waals surface area contributed by atoms with E-state index < -0.39 is 23.8 Å². The van der Waals surface area contributed by atoms with E-state index in [0.717, 1.165) is 12.8 Å². The number of amides is 2. The van der Waals surface area contributed by atoms with E-state index in [2.05, 4.69) is 15.5 Å². The number of nitrogens with one attached hydrogen (secondary N) is 2. The third-order valence-corrected chi connectivity index (χ3v) is 5.67. The largest absolute Gasteiger partial charge is 0.463 e. The first-order valence-electron chi connectivity index (χ1n) is 10.2. The van der Waals surface area contributed by atoms with Crippen molar-refractivity contribution in [2.24, 2.45) is 0 Å². The molecule has 162 valence electrons. The molecule has 2 fully saturated rings. The molecule has 2 N–H and O–H groups in total. The summed E-state index contributed by atoms with van der Waals surface area (Å²) in [6, 6.07) is 4.59. The van der Waals surface area contributed by atoms with Crippen LogP contribution in [0.3, 0.4) is 0 Å². The number of rotatable bonds is 5. The van der Waals surface area contributed by atoms with Gasteiger partial charge in [-0.1, -0.05) is 12.1 Å². The van der Waals surface area contributed by atoms with E-state index in [-0.39, 0.29) is 12.4 Å². The minimum atomic E-state index is -0.717. The van der Waals surface area contributed by atoms with Gasteiger partial charge in [-0.2, -0.15) is 0 Å². The van der Waals surface area contributed by atoms with E-state index in [4.69, 9.17) is 14.2 Å². The topological polar surface area (TPSA) is 89.1 Å². The fourth-order valence-corrected chi connectivity index (χ4v) is 4.16. The van der Waals surface area contributed by atoms with E-state index in [0.29, 0.717) is 49.7 Å². The van der Waals surface area contributed by atoms with Gasteiger partial charge in [-0.25, -0.2) is 14.0 Å². The van der Waals surface area contributed by atoms with Crippen LogP contribution in [-0.4, -0.2) is 62.1 Å². The lowest BCUT2D eigenvalue weighted by Crippen LogP contribution is -2.51. The predicted molar refractivity (Wildman–Crippen MR) is 105 cm³/mol. The summed E-state index contributed by atoms with van der Waals surface area (Å²) in [6.07, 6.45) is 1.45. The van der Waals surface area contributed by atoms with Crippen LogP contribution in [0.4, 0.5) is 9.18 Å². The number of likely N-dealkylation sites (tertiary alicyclic amines) is 1. The summed E-state index contributed by atoms with van der Waals surface area (Å²) in [5, 5.41) is 5.53. The summed E-state index contributed by atoms with van der Waals surface area (Å²) in [7, 11) is 0. The number of hydrogen-bond acceptors (Lipinski definition) is 6. The summed E-state index contributed by atoms with van der Waals surface area (Å²) in [4.78, 5) is 27.3.